The molecular formula is C25H31N5O2S. The molecule has 3 aromatic rings. The van der Waals surface area contributed by atoms with E-state index < -0.39 is 5.60 Å². The summed E-state index contributed by atoms with van der Waals surface area (Å²) in [5, 5.41) is 5.37. The van der Waals surface area contributed by atoms with Gasteiger partial charge in [-0.15, -0.1) is 11.3 Å². The van der Waals surface area contributed by atoms with Crippen molar-refractivity contribution in [1.82, 2.24) is 14.9 Å². The third kappa shape index (κ3) is 5.50. The summed E-state index contributed by atoms with van der Waals surface area (Å²) < 4.78 is 5.42. The SMILES string of the molecule is CC(C)(C)OC(=O)N1CC(c2ccc(C=NNc3ncnc4sc(C(C)(C)C)cc34)cc2)C1. The summed E-state index contributed by atoms with van der Waals surface area (Å²) in [7, 11) is 0. The van der Waals surface area contributed by atoms with E-state index in [1.165, 1.54) is 10.4 Å². The van der Waals surface area contributed by atoms with E-state index >= 15 is 0 Å². The van der Waals surface area contributed by atoms with E-state index in [1.807, 2.05) is 32.9 Å². The van der Waals surface area contributed by atoms with Gasteiger partial charge in [0, 0.05) is 23.9 Å². The zero-order valence-corrected chi connectivity index (χ0v) is 20.9. The molecule has 0 bridgehead atoms. The second-order valence-electron chi connectivity index (χ2n) is 10.4. The van der Waals surface area contributed by atoms with E-state index in [4.69, 9.17) is 4.74 Å². The van der Waals surface area contributed by atoms with Crippen LogP contribution >= 0.6 is 11.3 Å². The van der Waals surface area contributed by atoms with Gasteiger partial charge in [0.15, 0.2) is 5.82 Å². The number of rotatable bonds is 4. The normalized spacial score (nSPS) is 15.2. The van der Waals surface area contributed by atoms with Crippen LogP contribution in [0.15, 0.2) is 41.8 Å². The Hall–Kier alpha value is -3.00. The molecule has 0 atom stereocenters. The smallest absolute Gasteiger partial charge is 0.410 e. The number of nitrogens with one attached hydrogen (secondary N) is 1. The van der Waals surface area contributed by atoms with Crippen LogP contribution in [0.1, 0.15) is 63.5 Å². The number of nitrogens with zero attached hydrogens (tertiary/aromatic N) is 4. The monoisotopic (exact) mass is 465 g/mol. The number of fused-ring (bicyclic) bond motifs is 1. The molecule has 0 radical (unpaired) electrons. The summed E-state index contributed by atoms with van der Waals surface area (Å²) in [4.78, 5) is 24.8. The minimum Gasteiger partial charge on any atom is -0.444 e. The van der Waals surface area contributed by atoms with Gasteiger partial charge in [-0.25, -0.2) is 14.8 Å². The fraction of sp³-hybridized carbons (Fsp3) is 0.440. The van der Waals surface area contributed by atoms with Gasteiger partial charge in [0.25, 0.3) is 0 Å². The summed E-state index contributed by atoms with van der Waals surface area (Å²) in [5.41, 5.74) is 4.87. The molecule has 174 valence electrons. The Morgan fingerprint density at radius 1 is 1.15 bits per heavy atom. The van der Waals surface area contributed by atoms with Crippen molar-refractivity contribution < 1.29 is 9.53 Å². The molecule has 1 N–H and O–H groups in total. The molecule has 1 fully saturated rings. The van der Waals surface area contributed by atoms with Gasteiger partial charge >= 0.3 is 6.09 Å². The number of likely N-dealkylation sites (tertiary alicyclic amines) is 1. The summed E-state index contributed by atoms with van der Waals surface area (Å²) in [6, 6.07) is 10.4. The third-order valence-corrected chi connectivity index (χ3v) is 6.86. The molecule has 0 spiro atoms. The molecule has 1 aromatic carbocycles. The highest BCUT2D eigenvalue weighted by Crippen LogP contribution is 2.35. The fourth-order valence-corrected chi connectivity index (χ4v) is 4.56. The summed E-state index contributed by atoms with van der Waals surface area (Å²) in [5.74, 6) is 1.04. The van der Waals surface area contributed by atoms with Crippen LogP contribution in [0.4, 0.5) is 10.6 Å². The molecule has 4 rings (SSSR count). The van der Waals surface area contributed by atoms with Crippen LogP contribution < -0.4 is 5.43 Å². The maximum absolute atomic E-state index is 12.1. The molecule has 7 nitrogen and oxygen atoms in total. The standard InChI is InChI=1S/C25H31N5O2S/c1-24(2,3)20-11-19-21(26-15-27-22(19)33-20)29-28-12-16-7-9-17(10-8-16)18-13-30(14-18)23(31)32-25(4,5)6/h7-12,15,18H,13-14H2,1-6H3,(H,26,27,29). The van der Waals surface area contributed by atoms with E-state index in [-0.39, 0.29) is 11.5 Å². The van der Waals surface area contributed by atoms with Crippen LogP contribution in [0.2, 0.25) is 0 Å². The first-order chi connectivity index (χ1) is 15.5. The highest BCUT2D eigenvalue weighted by molar-refractivity contribution is 7.18. The summed E-state index contributed by atoms with van der Waals surface area (Å²) in [6.45, 7) is 13.6. The van der Waals surface area contributed by atoms with Gasteiger partial charge in [-0.05, 0) is 43.4 Å². The Morgan fingerprint density at radius 3 is 2.48 bits per heavy atom. The molecule has 2 aromatic heterocycles. The van der Waals surface area contributed by atoms with Crippen LogP contribution in [0, 0.1) is 0 Å². The Balaban J connectivity index is 1.35. The first-order valence-corrected chi connectivity index (χ1v) is 11.9. The molecule has 1 aliphatic heterocycles. The number of hydrogen-bond acceptors (Lipinski definition) is 7. The average Bonchev–Trinajstić information content (AvgIpc) is 3.12. The fourth-order valence-electron chi connectivity index (χ4n) is 3.50. The zero-order valence-electron chi connectivity index (χ0n) is 20.0. The van der Waals surface area contributed by atoms with E-state index in [0.29, 0.717) is 24.8 Å². The molecule has 0 aliphatic carbocycles. The number of amides is 1. The molecule has 1 amide bonds. The van der Waals surface area contributed by atoms with Gasteiger partial charge in [-0.3, -0.25) is 5.43 Å². The van der Waals surface area contributed by atoms with E-state index in [0.717, 1.165) is 15.8 Å². The van der Waals surface area contributed by atoms with E-state index in [2.05, 4.69) is 59.5 Å². The zero-order chi connectivity index (χ0) is 23.8. The molecule has 1 saturated heterocycles. The van der Waals surface area contributed by atoms with E-state index in [9.17, 15) is 4.79 Å². The highest BCUT2D eigenvalue weighted by Gasteiger charge is 2.34. The van der Waals surface area contributed by atoms with Crippen molar-refractivity contribution in [1.29, 1.82) is 0 Å². The lowest BCUT2D eigenvalue weighted by Gasteiger charge is -2.40. The first-order valence-electron chi connectivity index (χ1n) is 11.1. The van der Waals surface area contributed by atoms with Gasteiger partial charge in [0.1, 0.15) is 16.8 Å². The summed E-state index contributed by atoms with van der Waals surface area (Å²) >= 11 is 1.69. The largest absolute Gasteiger partial charge is 0.444 e. The molecule has 1 aliphatic rings. The van der Waals surface area contributed by atoms with Crippen molar-refractivity contribution in [2.75, 3.05) is 18.5 Å². The third-order valence-electron chi connectivity index (χ3n) is 5.39. The number of hydrogen-bond donors (Lipinski definition) is 1. The average molecular weight is 466 g/mol. The number of benzene rings is 1. The number of ether oxygens (including phenoxy) is 1. The Kier molecular flexibility index (Phi) is 6.14. The molecule has 3 heterocycles. The summed E-state index contributed by atoms with van der Waals surface area (Å²) in [6.07, 6.45) is 3.10. The second kappa shape index (κ2) is 8.74. The van der Waals surface area contributed by atoms with Gasteiger partial charge in [0.2, 0.25) is 0 Å². The lowest BCUT2D eigenvalue weighted by molar-refractivity contribution is 0.00819. The Morgan fingerprint density at radius 2 is 1.85 bits per heavy atom. The number of carbonyl (C=O) groups excluding carboxylic acids is 1. The maximum Gasteiger partial charge on any atom is 0.410 e. The molecule has 0 saturated carbocycles. The van der Waals surface area contributed by atoms with Gasteiger partial charge in [-0.2, -0.15) is 5.10 Å². The van der Waals surface area contributed by atoms with Crippen molar-refractivity contribution in [3.8, 4) is 0 Å². The van der Waals surface area contributed by atoms with Crippen molar-refractivity contribution in [2.24, 2.45) is 5.10 Å². The molecule has 0 unspecified atom stereocenters. The molecule has 33 heavy (non-hydrogen) atoms. The first kappa shape index (κ1) is 23.2. The quantitative estimate of drug-likeness (QED) is 0.391. The second-order valence-corrected chi connectivity index (χ2v) is 11.5. The van der Waals surface area contributed by atoms with Gasteiger partial charge in [-0.1, -0.05) is 45.0 Å². The van der Waals surface area contributed by atoms with Crippen LogP contribution in [0.5, 0.6) is 0 Å². The van der Waals surface area contributed by atoms with Crippen molar-refractivity contribution >= 4 is 39.7 Å². The number of thiophene rings is 1. The molecular weight excluding hydrogens is 434 g/mol. The minimum absolute atomic E-state index is 0.0675. The lowest BCUT2D eigenvalue weighted by Crippen LogP contribution is -2.50. The van der Waals surface area contributed by atoms with Crippen molar-refractivity contribution in [3.63, 3.8) is 0 Å². The van der Waals surface area contributed by atoms with Gasteiger partial charge in [0.05, 0.1) is 11.6 Å². The number of hydrazone groups is 1. The topological polar surface area (TPSA) is 79.7 Å². The van der Waals surface area contributed by atoms with Crippen LogP contribution in [-0.4, -0.2) is 45.9 Å². The number of aromatic nitrogens is 2. The predicted molar refractivity (Wildman–Crippen MR) is 134 cm³/mol. The van der Waals surface area contributed by atoms with Crippen LogP contribution in [0.25, 0.3) is 10.2 Å². The highest BCUT2D eigenvalue weighted by atomic mass is 32.1. The maximum atomic E-state index is 12.1. The van der Waals surface area contributed by atoms with Crippen LogP contribution in [-0.2, 0) is 10.2 Å². The minimum atomic E-state index is -0.465. The Labute approximate surface area is 198 Å². The van der Waals surface area contributed by atoms with Crippen molar-refractivity contribution in [3.05, 3.63) is 52.7 Å². The predicted octanol–water partition coefficient (Wildman–Crippen LogP) is 5.77. The van der Waals surface area contributed by atoms with Gasteiger partial charge < -0.3 is 9.64 Å². The number of anilines is 1. The number of carbonyl (C=O) groups is 1. The van der Waals surface area contributed by atoms with Crippen LogP contribution in [0.3, 0.4) is 0 Å². The Bertz CT molecular complexity index is 1170. The van der Waals surface area contributed by atoms with Crippen molar-refractivity contribution in [2.45, 2.75) is 58.5 Å². The molecule has 8 heteroatoms. The van der Waals surface area contributed by atoms with E-state index in [1.54, 1.807) is 28.8 Å². The lowest BCUT2D eigenvalue weighted by atomic mass is 9.91.